The molecule has 0 bridgehead atoms. The van der Waals surface area contributed by atoms with Crippen molar-refractivity contribution in [1.29, 1.82) is 0 Å². The first kappa shape index (κ1) is 20.6. The Hall–Kier alpha value is -2.08. The largest absolute Gasteiger partial charge is 0.417 e. The first-order chi connectivity index (χ1) is 13.4. The SMILES string of the molecule is Cc1c(Cl)cc(NC(=O)Oc2ccccc2)cc1CN1CCC(N(C)C)CC1. The number of nitrogens with one attached hydrogen (secondary N) is 1. The quantitative estimate of drug-likeness (QED) is 0.782. The number of halogens is 1. The van der Waals surface area contributed by atoms with Gasteiger partial charge in [0.25, 0.3) is 0 Å². The number of hydrogen-bond acceptors (Lipinski definition) is 4. The van der Waals surface area contributed by atoms with Gasteiger partial charge in [0, 0.05) is 23.3 Å². The van der Waals surface area contributed by atoms with Gasteiger partial charge >= 0.3 is 6.09 Å². The fourth-order valence-corrected chi connectivity index (χ4v) is 3.78. The van der Waals surface area contributed by atoms with Crippen LogP contribution in [0, 0.1) is 6.92 Å². The summed E-state index contributed by atoms with van der Waals surface area (Å²) in [7, 11) is 4.29. The molecule has 1 heterocycles. The van der Waals surface area contributed by atoms with E-state index in [0.29, 0.717) is 22.5 Å². The van der Waals surface area contributed by atoms with Crippen molar-refractivity contribution in [2.75, 3.05) is 32.5 Å². The van der Waals surface area contributed by atoms with Gasteiger partial charge in [0.1, 0.15) is 5.75 Å². The van der Waals surface area contributed by atoms with Crippen LogP contribution in [-0.4, -0.2) is 49.1 Å². The first-order valence-electron chi connectivity index (χ1n) is 9.64. The van der Waals surface area contributed by atoms with Crippen molar-refractivity contribution in [3.63, 3.8) is 0 Å². The second-order valence-corrected chi connectivity index (χ2v) is 7.95. The normalized spacial score (nSPS) is 15.6. The molecule has 0 radical (unpaired) electrons. The number of carbonyl (C=O) groups is 1. The van der Waals surface area contributed by atoms with Crippen molar-refractivity contribution in [2.24, 2.45) is 0 Å². The van der Waals surface area contributed by atoms with Crippen molar-refractivity contribution >= 4 is 23.4 Å². The molecule has 1 aliphatic heterocycles. The predicted octanol–water partition coefficient (Wildman–Crippen LogP) is 4.79. The van der Waals surface area contributed by atoms with E-state index >= 15 is 0 Å². The number of piperidine rings is 1. The molecule has 1 N–H and O–H groups in total. The fourth-order valence-electron chi connectivity index (χ4n) is 3.55. The van der Waals surface area contributed by atoms with Gasteiger partial charge in [-0.15, -0.1) is 0 Å². The maximum Gasteiger partial charge on any atom is 0.417 e. The van der Waals surface area contributed by atoms with Crippen LogP contribution < -0.4 is 10.1 Å². The third-order valence-corrected chi connectivity index (χ3v) is 5.73. The summed E-state index contributed by atoms with van der Waals surface area (Å²) in [5.41, 5.74) is 2.83. The monoisotopic (exact) mass is 401 g/mol. The van der Waals surface area contributed by atoms with Crippen LogP contribution in [0.4, 0.5) is 10.5 Å². The highest BCUT2D eigenvalue weighted by Gasteiger charge is 2.21. The van der Waals surface area contributed by atoms with E-state index < -0.39 is 6.09 Å². The minimum atomic E-state index is -0.524. The lowest BCUT2D eigenvalue weighted by atomic mass is 10.0. The van der Waals surface area contributed by atoms with E-state index in [0.717, 1.165) is 30.8 Å². The molecule has 0 aliphatic carbocycles. The van der Waals surface area contributed by atoms with Crippen LogP contribution in [-0.2, 0) is 6.54 Å². The number of hydrogen-bond donors (Lipinski definition) is 1. The molecular weight excluding hydrogens is 374 g/mol. The second-order valence-electron chi connectivity index (χ2n) is 7.54. The van der Waals surface area contributed by atoms with Crippen LogP contribution >= 0.6 is 11.6 Å². The Morgan fingerprint density at radius 1 is 1.21 bits per heavy atom. The molecule has 0 atom stereocenters. The van der Waals surface area contributed by atoms with Crippen molar-refractivity contribution in [3.05, 3.63) is 58.6 Å². The Bertz CT molecular complexity index is 803. The van der Waals surface area contributed by atoms with Crippen LogP contribution in [0.1, 0.15) is 24.0 Å². The van der Waals surface area contributed by atoms with Gasteiger partial charge < -0.3 is 9.64 Å². The van der Waals surface area contributed by atoms with Gasteiger partial charge in [-0.3, -0.25) is 10.2 Å². The minimum Gasteiger partial charge on any atom is -0.410 e. The van der Waals surface area contributed by atoms with Gasteiger partial charge in [-0.25, -0.2) is 4.79 Å². The number of ether oxygens (including phenoxy) is 1. The molecule has 150 valence electrons. The summed E-state index contributed by atoms with van der Waals surface area (Å²) in [5, 5.41) is 3.44. The zero-order chi connectivity index (χ0) is 20.1. The lowest BCUT2D eigenvalue weighted by Gasteiger charge is -2.35. The standard InChI is InChI=1S/C22H28ClN3O2/c1-16-17(15-26-11-9-19(10-12-26)25(2)3)13-18(14-21(16)23)24-22(27)28-20-7-5-4-6-8-20/h4-8,13-14,19H,9-12,15H2,1-3H3,(H,24,27). The second kappa shape index (κ2) is 9.41. The number of para-hydroxylation sites is 1. The molecule has 1 amide bonds. The van der Waals surface area contributed by atoms with E-state index in [4.69, 9.17) is 16.3 Å². The van der Waals surface area contributed by atoms with Crippen molar-refractivity contribution in [2.45, 2.75) is 32.4 Å². The molecule has 1 saturated heterocycles. The van der Waals surface area contributed by atoms with E-state index in [2.05, 4.69) is 29.2 Å². The van der Waals surface area contributed by atoms with E-state index in [-0.39, 0.29) is 0 Å². The molecule has 2 aromatic carbocycles. The summed E-state index contributed by atoms with van der Waals surface area (Å²) in [5.74, 6) is 0.502. The number of nitrogens with zero attached hydrogens (tertiary/aromatic N) is 2. The number of likely N-dealkylation sites (tertiary alicyclic amines) is 1. The summed E-state index contributed by atoms with van der Waals surface area (Å²) in [4.78, 5) is 16.9. The van der Waals surface area contributed by atoms with Gasteiger partial charge in [-0.2, -0.15) is 0 Å². The number of carbonyl (C=O) groups excluding carboxylic acids is 1. The molecule has 5 nitrogen and oxygen atoms in total. The summed E-state index contributed by atoms with van der Waals surface area (Å²) in [6.45, 7) is 4.98. The lowest BCUT2D eigenvalue weighted by molar-refractivity contribution is 0.140. The molecule has 0 unspecified atom stereocenters. The molecule has 28 heavy (non-hydrogen) atoms. The zero-order valence-corrected chi connectivity index (χ0v) is 17.5. The van der Waals surface area contributed by atoms with Crippen molar-refractivity contribution in [1.82, 2.24) is 9.80 Å². The number of anilines is 1. The Morgan fingerprint density at radius 3 is 2.54 bits per heavy atom. The third kappa shape index (κ3) is 5.47. The van der Waals surface area contributed by atoms with E-state index in [1.54, 1.807) is 18.2 Å². The average Bonchev–Trinajstić information content (AvgIpc) is 2.67. The van der Waals surface area contributed by atoms with Gasteiger partial charge in [0.15, 0.2) is 0 Å². The first-order valence-corrected chi connectivity index (χ1v) is 10.0. The van der Waals surface area contributed by atoms with Crippen molar-refractivity contribution < 1.29 is 9.53 Å². The molecule has 3 rings (SSSR count). The highest BCUT2D eigenvalue weighted by atomic mass is 35.5. The summed E-state index contributed by atoms with van der Waals surface area (Å²) >= 11 is 6.43. The Kier molecular flexibility index (Phi) is 6.94. The summed E-state index contributed by atoms with van der Waals surface area (Å²) in [6.07, 6.45) is 1.81. The molecule has 0 saturated carbocycles. The molecular formula is C22H28ClN3O2. The van der Waals surface area contributed by atoms with Gasteiger partial charge in [-0.1, -0.05) is 29.8 Å². The molecule has 2 aromatic rings. The maximum absolute atomic E-state index is 12.2. The third-order valence-electron chi connectivity index (χ3n) is 5.33. The van der Waals surface area contributed by atoms with Crippen LogP contribution in [0.5, 0.6) is 5.75 Å². The Morgan fingerprint density at radius 2 is 1.89 bits per heavy atom. The number of amides is 1. The Balaban J connectivity index is 1.64. The van der Waals surface area contributed by atoms with Gasteiger partial charge in [0.2, 0.25) is 0 Å². The fraction of sp³-hybridized carbons (Fsp3) is 0.409. The highest BCUT2D eigenvalue weighted by Crippen LogP contribution is 2.27. The minimum absolute atomic E-state index is 0.502. The van der Waals surface area contributed by atoms with Gasteiger partial charge in [0.05, 0.1) is 0 Å². The maximum atomic E-state index is 12.2. The van der Waals surface area contributed by atoms with Crippen LogP contribution in [0.3, 0.4) is 0 Å². The van der Waals surface area contributed by atoms with E-state index in [9.17, 15) is 4.79 Å². The van der Waals surface area contributed by atoms with Crippen LogP contribution in [0.2, 0.25) is 5.02 Å². The molecule has 1 aliphatic rings. The number of rotatable bonds is 5. The van der Waals surface area contributed by atoms with Crippen LogP contribution in [0.15, 0.2) is 42.5 Å². The zero-order valence-electron chi connectivity index (χ0n) is 16.7. The van der Waals surface area contributed by atoms with Crippen molar-refractivity contribution in [3.8, 4) is 5.75 Å². The lowest BCUT2D eigenvalue weighted by Crippen LogP contribution is -2.41. The van der Waals surface area contributed by atoms with Crippen LogP contribution in [0.25, 0.3) is 0 Å². The highest BCUT2D eigenvalue weighted by molar-refractivity contribution is 6.31. The molecule has 0 aromatic heterocycles. The Labute approximate surface area is 172 Å². The molecule has 1 fully saturated rings. The molecule has 0 spiro atoms. The summed E-state index contributed by atoms with van der Waals surface area (Å²) < 4.78 is 5.30. The average molecular weight is 402 g/mol. The van der Waals surface area contributed by atoms with Gasteiger partial charge in [-0.05, 0) is 82.3 Å². The van der Waals surface area contributed by atoms with E-state index in [1.807, 2.05) is 31.2 Å². The smallest absolute Gasteiger partial charge is 0.410 e. The summed E-state index contributed by atoms with van der Waals surface area (Å²) in [6, 6.07) is 13.4. The number of benzene rings is 2. The topological polar surface area (TPSA) is 44.8 Å². The molecule has 6 heteroatoms. The van der Waals surface area contributed by atoms with E-state index in [1.165, 1.54) is 12.8 Å². The predicted molar refractivity (Wildman–Crippen MR) is 114 cm³/mol.